The Hall–Kier alpha value is -4.02. The average molecular weight is 470 g/mol. The van der Waals surface area contributed by atoms with E-state index in [9.17, 15) is 14.4 Å². The fourth-order valence-corrected chi connectivity index (χ4v) is 5.14. The van der Waals surface area contributed by atoms with Crippen LogP contribution in [0.25, 0.3) is 33.2 Å². The number of aryl methyl sites for hydroxylation is 1. The molecular weight excluding hydrogens is 449 g/mol. The highest BCUT2D eigenvalue weighted by atomic mass is 32.1. The zero-order valence-electron chi connectivity index (χ0n) is 18.6. The third-order valence-electron chi connectivity index (χ3n) is 6.04. The minimum atomic E-state index is -0.466. The van der Waals surface area contributed by atoms with E-state index >= 15 is 0 Å². The molecule has 34 heavy (non-hydrogen) atoms. The molecule has 7 heteroatoms. The van der Waals surface area contributed by atoms with Gasteiger partial charge in [-0.05, 0) is 83.8 Å². The van der Waals surface area contributed by atoms with Gasteiger partial charge in [-0.15, -0.1) is 11.3 Å². The molecular formula is C27H20FN3O2S. The van der Waals surface area contributed by atoms with Crippen molar-refractivity contribution in [1.82, 2.24) is 9.97 Å². The van der Waals surface area contributed by atoms with E-state index in [1.54, 1.807) is 18.3 Å². The number of nitrogens with zero attached hydrogens (tertiary/aromatic N) is 2. The highest BCUT2D eigenvalue weighted by molar-refractivity contribution is 7.11. The van der Waals surface area contributed by atoms with E-state index in [1.807, 2.05) is 18.4 Å². The van der Waals surface area contributed by atoms with Crippen LogP contribution in [0.2, 0.25) is 0 Å². The number of nitriles is 1. The van der Waals surface area contributed by atoms with Crippen LogP contribution < -0.4 is 0 Å². The van der Waals surface area contributed by atoms with Crippen molar-refractivity contribution < 1.29 is 13.9 Å². The number of rotatable bonds is 4. The van der Waals surface area contributed by atoms with Crippen LogP contribution in [0.1, 0.15) is 45.0 Å². The van der Waals surface area contributed by atoms with Gasteiger partial charge in [0.15, 0.2) is 0 Å². The van der Waals surface area contributed by atoms with Crippen molar-refractivity contribution in [3.63, 3.8) is 0 Å². The summed E-state index contributed by atoms with van der Waals surface area (Å²) in [4.78, 5) is 20.2. The number of hydrogen-bond donors (Lipinski definition) is 1. The van der Waals surface area contributed by atoms with Crippen LogP contribution in [0.5, 0.6) is 0 Å². The van der Waals surface area contributed by atoms with E-state index in [-0.39, 0.29) is 11.5 Å². The number of carbonyl (C=O) groups excluding carboxylic acids is 1. The van der Waals surface area contributed by atoms with E-state index in [0.29, 0.717) is 4.88 Å². The topological polar surface area (TPSA) is 78.8 Å². The first-order valence-corrected chi connectivity index (χ1v) is 11.6. The lowest BCUT2D eigenvalue weighted by Crippen LogP contribution is -2.06. The number of aromatic amines is 1. The number of H-pyrrole nitrogens is 1. The van der Waals surface area contributed by atoms with Crippen LogP contribution in [0.4, 0.5) is 4.39 Å². The molecule has 0 saturated heterocycles. The van der Waals surface area contributed by atoms with E-state index in [4.69, 9.17) is 4.74 Å². The van der Waals surface area contributed by atoms with Gasteiger partial charge in [-0.25, -0.2) is 14.2 Å². The molecule has 0 unspecified atom stereocenters. The Labute approximate surface area is 199 Å². The fourth-order valence-electron chi connectivity index (χ4n) is 4.45. The van der Waals surface area contributed by atoms with Crippen molar-refractivity contribution >= 4 is 39.4 Å². The summed E-state index contributed by atoms with van der Waals surface area (Å²) in [6.45, 7) is 1.95. The number of pyridine rings is 1. The molecule has 0 amide bonds. The number of aromatic nitrogens is 2. The lowest BCUT2D eigenvalue weighted by atomic mass is 9.89. The van der Waals surface area contributed by atoms with Crippen LogP contribution in [0.3, 0.4) is 0 Å². The molecule has 1 N–H and O–H groups in total. The number of methoxy groups -OCH3 is 1. The molecule has 3 aromatic heterocycles. The average Bonchev–Trinajstić information content (AvgIpc) is 3.47. The quantitative estimate of drug-likeness (QED) is 0.339. The molecule has 0 bridgehead atoms. The molecule has 3 heterocycles. The zero-order valence-corrected chi connectivity index (χ0v) is 19.4. The van der Waals surface area contributed by atoms with Crippen molar-refractivity contribution in [2.24, 2.45) is 0 Å². The van der Waals surface area contributed by atoms with Crippen molar-refractivity contribution in [1.29, 1.82) is 5.26 Å². The van der Waals surface area contributed by atoms with Crippen LogP contribution in [-0.4, -0.2) is 23.0 Å². The van der Waals surface area contributed by atoms with Crippen molar-refractivity contribution in [3.05, 3.63) is 87.3 Å². The molecule has 0 spiro atoms. The number of benzene rings is 1. The van der Waals surface area contributed by atoms with Crippen LogP contribution in [0.15, 0.2) is 54.1 Å². The Bertz CT molecular complexity index is 1550. The summed E-state index contributed by atoms with van der Waals surface area (Å²) in [7, 11) is 1.34. The maximum Gasteiger partial charge on any atom is 0.356 e. The third kappa shape index (κ3) is 3.72. The normalized spacial score (nSPS) is 13.4. The van der Waals surface area contributed by atoms with Crippen LogP contribution >= 0.6 is 11.3 Å². The standard InChI is InChI=1S/C27H20FN3O2S/c1-15-10-23(27(32)33-2)30-14-21(15)16-4-3-5-17(11-16)26-25(19-8-9-34-24(19)13-29)20-12-18(28)6-7-22(20)31-26/h5-12,14,31H,3-4H2,1-2H3. The number of halogens is 1. The van der Waals surface area contributed by atoms with Gasteiger partial charge in [0.25, 0.3) is 0 Å². The van der Waals surface area contributed by atoms with Gasteiger partial charge < -0.3 is 9.72 Å². The first kappa shape index (κ1) is 21.8. The van der Waals surface area contributed by atoms with Gasteiger partial charge in [-0.2, -0.15) is 5.26 Å². The molecule has 0 radical (unpaired) electrons. The van der Waals surface area contributed by atoms with Gasteiger partial charge in [-0.1, -0.05) is 6.08 Å². The predicted octanol–water partition coefficient (Wildman–Crippen LogP) is 6.66. The molecule has 168 valence electrons. The summed E-state index contributed by atoms with van der Waals surface area (Å²) in [5, 5.41) is 12.3. The Kier molecular flexibility index (Phi) is 5.60. The number of nitrogens with one attached hydrogen (secondary N) is 1. The molecule has 0 atom stereocenters. The Morgan fingerprint density at radius 3 is 2.88 bits per heavy atom. The summed E-state index contributed by atoms with van der Waals surface area (Å²) in [6.07, 6.45) is 7.61. The number of thiophene rings is 1. The van der Waals surface area contributed by atoms with Crippen LogP contribution in [-0.2, 0) is 4.74 Å². The second-order valence-electron chi connectivity index (χ2n) is 8.08. The van der Waals surface area contributed by atoms with Crippen molar-refractivity contribution in [2.75, 3.05) is 7.11 Å². The number of esters is 1. The SMILES string of the molecule is COC(=O)c1cc(C)c(C2=CC(c3[nH]c4ccc(F)cc4c3-c3ccsc3C#N)=CCC2)cn1. The molecule has 0 aliphatic heterocycles. The van der Waals surface area contributed by atoms with Gasteiger partial charge in [0.2, 0.25) is 0 Å². The van der Waals surface area contributed by atoms with E-state index in [2.05, 4.69) is 28.2 Å². The molecule has 5 rings (SSSR count). The summed E-state index contributed by atoms with van der Waals surface area (Å²) in [5.41, 5.74) is 7.53. The van der Waals surface area contributed by atoms with Gasteiger partial charge in [0.1, 0.15) is 22.5 Å². The van der Waals surface area contributed by atoms with Gasteiger partial charge in [0.05, 0.1) is 12.8 Å². The number of ether oxygens (including phenoxy) is 1. The Morgan fingerprint density at radius 2 is 2.12 bits per heavy atom. The zero-order chi connectivity index (χ0) is 23.8. The maximum absolute atomic E-state index is 14.2. The highest BCUT2D eigenvalue weighted by Crippen LogP contribution is 2.42. The minimum Gasteiger partial charge on any atom is -0.464 e. The molecule has 0 saturated carbocycles. The number of allylic oxidation sites excluding steroid dienone is 4. The van der Waals surface area contributed by atoms with E-state index in [0.717, 1.165) is 62.8 Å². The first-order chi connectivity index (χ1) is 16.5. The smallest absolute Gasteiger partial charge is 0.356 e. The minimum absolute atomic E-state index is 0.275. The first-order valence-electron chi connectivity index (χ1n) is 10.8. The summed E-state index contributed by atoms with van der Waals surface area (Å²) < 4.78 is 19.0. The second-order valence-corrected chi connectivity index (χ2v) is 9.00. The lowest BCUT2D eigenvalue weighted by molar-refractivity contribution is 0.0594. The summed E-state index contributed by atoms with van der Waals surface area (Å²) in [6, 6.07) is 10.6. The van der Waals surface area contributed by atoms with Crippen molar-refractivity contribution in [3.8, 4) is 17.2 Å². The molecule has 1 aromatic carbocycles. The molecule has 1 aliphatic rings. The maximum atomic E-state index is 14.2. The molecule has 5 nitrogen and oxygen atoms in total. The fraction of sp³-hybridized carbons (Fsp3) is 0.148. The van der Waals surface area contributed by atoms with E-state index in [1.165, 1.54) is 30.6 Å². The third-order valence-corrected chi connectivity index (χ3v) is 6.86. The monoisotopic (exact) mass is 469 g/mol. The summed E-state index contributed by atoms with van der Waals surface area (Å²) in [5.74, 6) is -0.791. The Morgan fingerprint density at radius 1 is 1.26 bits per heavy atom. The lowest BCUT2D eigenvalue weighted by Gasteiger charge is -2.17. The van der Waals surface area contributed by atoms with Gasteiger partial charge in [-0.3, -0.25) is 0 Å². The largest absolute Gasteiger partial charge is 0.464 e. The number of hydrogen-bond acceptors (Lipinski definition) is 5. The van der Waals surface area contributed by atoms with Crippen LogP contribution in [0, 0.1) is 24.1 Å². The van der Waals surface area contributed by atoms with Gasteiger partial charge >= 0.3 is 5.97 Å². The second kappa shape index (κ2) is 8.73. The molecule has 4 aromatic rings. The van der Waals surface area contributed by atoms with E-state index < -0.39 is 5.97 Å². The number of carbonyl (C=O) groups is 1. The Balaban J connectivity index is 1.65. The van der Waals surface area contributed by atoms with Crippen molar-refractivity contribution in [2.45, 2.75) is 19.8 Å². The molecule has 0 fully saturated rings. The summed E-state index contributed by atoms with van der Waals surface area (Å²) >= 11 is 1.37. The van der Waals surface area contributed by atoms with Gasteiger partial charge in [0, 0.05) is 28.2 Å². The predicted molar refractivity (Wildman–Crippen MR) is 132 cm³/mol. The number of fused-ring (bicyclic) bond motifs is 1. The molecule has 1 aliphatic carbocycles. The highest BCUT2D eigenvalue weighted by Gasteiger charge is 2.22.